The lowest BCUT2D eigenvalue weighted by Gasteiger charge is -2.21. The van der Waals surface area contributed by atoms with Gasteiger partial charge >= 0.3 is 0 Å². The topological polar surface area (TPSA) is 95.9 Å². The molecular formula is C19H27N7O. The summed E-state index contributed by atoms with van der Waals surface area (Å²) in [5, 5.41) is 6.10. The Morgan fingerprint density at radius 3 is 2.74 bits per heavy atom. The van der Waals surface area contributed by atoms with Crippen LogP contribution in [0.1, 0.15) is 53.9 Å². The van der Waals surface area contributed by atoms with E-state index in [0.717, 1.165) is 48.2 Å². The van der Waals surface area contributed by atoms with E-state index in [4.69, 9.17) is 0 Å². The first-order valence-electron chi connectivity index (χ1n) is 9.30. The SMILES string of the molecule is CNC(=O)c1nc(C)c(C)c(N2CC[C@@H](Nc3ccnc(C(C)C)n3)C2)n1. The third kappa shape index (κ3) is 4.15. The minimum Gasteiger partial charge on any atom is -0.365 e. The number of carbonyl (C=O) groups is 1. The van der Waals surface area contributed by atoms with Crippen LogP contribution in [-0.2, 0) is 0 Å². The van der Waals surface area contributed by atoms with Crippen LogP contribution in [0, 0.1) is 13.8 Å². The minimum atomic E-state index is -0.268. The molecule has 3 heterocycles. The standard InChI is InChI=1S/C19H27N7O/c1-11(2)16-21-8-6-15(24-16)23-14-7-9-26(10-14)18-12(3)13(4)22-17(25-18)19(27)20-5/h6,8,11,14H,7,9-10H2,1-5H3,(H,20,27)(H,21,23,24)/t14-/m1/s1. The highest BCUT2D eigenvalue weighted by Gasteiger charge is 2.26. The summed E-state index contributed by atoms with van der Waals surface area (Å²) in [7, 11) is 1.59. The Morgan fingerprint density at radius 2 is 2.04 bits per heavy atom. The molecule has 0 radical (unpaired) electrons. The van der Waals surface area contributed by atoms with Gasteiger partial charge in [-0.25, -0.2) is 19.9 Å². The Hall–Kier alpha value is -2.77. The van der Waals surface area contributed by atoms with Gasteiger partial charge in [0.2, 0.25) is 5.82 Å². The summed E-state index contributed by atoms with van der Waals surface area (Å²) in [6.45, 7) is 9.74. The molecule has 1 saturated heterocycles. The highest BCUT2D eigenvalue weighted by Crippen LogP contribution is 2.25. The fourth-order valence-corrected chi connectivity index (χ4v) is 3.15. The zero-order chi connectivity index (χ0) is 19.6. The first-order chi connectivity index (χ1) is 12.9. The van der Waals surface area contributed by atoms with Crippen molar-refractivity contribution in [1.29, 1.82) is 0 Å². The van der Waals surface area contributed by atoms with E-state index in [1.165, 1.54) is 0 Å². The normalized spacial score (nSPS) is 16.7. The van der Waals surface area contributed by atoms with Crippen LogP contribution in [0.5, 0.6) is 0 Å². The van der Waals surface area contributed by atoms with Crippen molar-refractivity contribution in [3.8, 4) is 0 Å². The van der Waals surface area contributed by atoms with Crippen molar-refractivity contribution in [2.45, 2.75) is 46.1 Å². The molecule has 0 unspecified atom stereocenters. The van der Waals surface area contributed by atoms with Gasteiger partial charge in [-0.2, -0.15) is 0 Å². The second kappa shape index (κ2) is 7.85. The average molecular weight is 369 g/mol. The van der Waals surface area contributed by atoms with E-state index in [1.54, 1.807) is 13.2 Å². The van der Waals surface area contributed by atoms with Crippen LogP contribution in [0.25, 0.3) is 0 Å². The molecule has 2 aromatic rings. The van der Waals surface area contributed by atoms with Gasteiger partial charge in [-0.3, -0.25) is 4.79 Å². The molecule has 27 heavy (non-hydrogen) atoms. The zero-order valence-electron chi connectivity index (χ0n) is 16.6. The van der Waals surface area contributed by atoms with Gasteiger partial charge in [0.1, 0.15) is 17.5 Å². The lowest BCUT2D eigenvalue weighted by Crippen LogP contribution is -2.29. The first kappa shape index (κ1) is 19.0. The molecule has 0 aliphatic carbocycles. The van der Waals surface area contributed by atoms with Crippen LogP contribution >= 0.6 is 0 Å². The van der Waals surface area contributed by atoms with Gasteiger partial charge in [-0.15, -0.1) is 0 Å². The number of carbonyl (C=O) groups excluding carboxylic acids is 1. The maximum atomic E-state index is 12.0. The molecule has 8 nitrogen and oxygen atoms in total. The Morgan fingerprint density at radius 1 is 1.26 bits per heavy atom. The zero-order valence-corrected chi connectivity index (χ0v) is 16.6. The molecule has 1 amide bonds. The number of nitrogens with zero attached hydrogens (tertiary/aromatic N) is 5. The lowest BCUT2D eigenvalue weighted by atomic mass is 10.2. The smallest absolute Gasteiger partial charge is 0.288 e. The van der Waals surface area contributed by atoms with Gasteiger partial charge in [0, 0.05) is 49.6 Å². The fourth-order valence-electron chi connectivity index (χ4n) is 3.15. The van der Waals surface area contributed by atoms with Gasteiger partial charge in [-0.1, -0.05) is 13.8 Å². The van der Waals surface area contributed by atoms with Gasteiger partial charge in [0.15, 0.2) is 0 Å². The van der Waals surface area contributed by atoms with Gasteiger partial charge in [-0.05, 0) is 26.3 Å². The highest BCUT2D eigenvalue weighted by atomic mass is 16.2. The Kier molecular flexibility index (Phi) is 5.53. The number of nitrogens with one attached hydrogen (secondary N) is 2. The number of hydrogen-bond acceptors (Lipinski definition) is 7. The first-order valence-corrected chi connectivity index (χ1v) is 9.30. The molecule has 1 atom stereocenters. The van der Waals surface area contributed by atoms with E-state index in [-0.39, 0.29) is 17.8 Å². The van der Waals surface area contributed by atoms with Crippen LogP contribution in [0.15, 0.2) is 12.3 Å². The van der Waals surface area contributed by atoms with Gasteiger partial charge in [0.05, 0.1) is 0 Å². The predicted octanol–water partition coefficient (Wildman–Crippen LogP) is 2.06. The number of anilines is 2. The second-order valence-corrected chi connectivity index (χ2v) is 7.19. The molecule has 1 aliphatic rings. The minimum absolute atomic E-state index is 0.212. The molecule has 3 rings (SSSR count). The number of rotatable bonds is 5. The molecule has 0 saturated carbocycles. The third-order valence-corrected chi connectivity index (χ3v) is 4.82. The summed E-state index contributed by atoms with van der Waals surface area (Å²) >= 11 is 0. The van der Waals surface area contributed by atoms with Crippen LogP contribution in [0.4, 0.5) is 11.6 Å². The molecule has 1 fully saturated rings. The molecular weight excluding hydrogens is 342 g/mol. The summed E-state index contributed by atoms with van der Waals surface area (Å²) in [4.78, 5) is 31.9. The molecule has 2 aromatic heterocycles. The number of hydrogen-bond donors (Lipinski definition) is 2. The average Bonchev–Trinajstić information content (AvgIpc) is 3.11. The molecule has 0 bridgehead atoms. The van der Waals surface area contributed by atoms with E-state index in [1.807, 2.05) is 19.9 Å². The van der Waals surface area contributed by atoms with E-state index in [9.17, 15) is 4.79 Å². The summed E-state index contributed by atoms with van der Waals surface area (Å²) < 4.78 is 0. The number of aryl methyl sites for hydroxylation is 1. The van der Waals surface area contributed by atoms with Crippen molar-refractivity contribution in [2.24, 2.45) is 0 Å². The quantitative estimate of drug-likeness (QED) is 0.833. The maximum Gasteiger partial charge on any atom is 0.288 e. The van der Waals surface area contributed by atoms with Crippen LogP contribution in [-0.4, -0.2) is 52.0 Å². The summed E-state index contributed by atoms with van der Waals surface area (Å²) in [5.41, 5.74) is 1.83. The second-order valence-electron chi connectivity index (χ2n) is 7.19. The highest BCUT2D eigenvalue weighted by molar-refractivity contribution is 5.90. The van der Waals surface area contributed by atoms with Crippen LogP contribution in [0.2, 0.25) is 0 Å². The molecule has 0 spiro atoms. The molecule has 1 aliphatic heterocycles. The van der Waals surface area contributed by atoms with Crippen LogP contribution < -0.4 is 15.5 Å². The Balaban J connectivity index is 1.75. The van der Waals surface area contributed by atoms with Crippen molar-refractivity contribution < 1.29 is 4.79 Å². The summed E-state index contributed by atoms with van der Waals surface area (Å²) in [5.74, 6) is 2.76. The van der Waals surface area contributed by atoms with E-state index in [0.29, 0.717) is 5.92 Å². The fraction of sp³-hybridized carbons (Fsp3) is 0.526. The van der Waals surface area contributed by atoms with Crippen molar-refractivity contribution in [2.75, 3.05) is 30.4 Å². The largest absolute Gasteiger partial charge is 0.365 e. The maximum absolute atomic E-state index is 12.0. The molecule has 0 aromatic carbocycles. The van der Waals surface area contributed by atoms with Gasteiger partial charge < -0.3 is 15.5 Å². The van der Waals surface area contributed by atoms with Crippen molar-refractivity contribution in [3.63, 3.8) is 0 Å². The monoisotopic (exact) mass is 369 g/mol. The number of aromatic nitrogens is 4. The summed E-state index contributed by atoms with van der Waals surface area (Å²) in [6.07, 6.45) is 2.77. The predicted molar refractivity (Wildman–Crippen MR) is 105 cm³/mol. The molecule has 8 heteroatoms. The van der Waals surface area contributed by atoms with Gasteiger partial charge in [0.25, 0.3) is 5.91 Å². The Bertz CT molecular complexity index is 837. The van der Waals surface area contributed by atoms with E-state index >= 15 is 0 Å². The third-order valence-electron chi connectivity index (χ3n) is 4.82. The van der Waals surface area contributed by atoms with Crippen LogP contribution in [0.3, 0.4) is 0 Å². The van der Waals surface area contributed by atoms with E-state index in [2.05, 4.69) is 49.3 Å². The molecule has 144 valence electrons. The van der Waals surface area contributed by atoms with E-state index < -0.39 is 0 Å². The number of amides is 1. The summed E-state index contributed by atoms with van der Waals surface area (Å²) in [6, 6.07) is 2.16. The van der Waals surface area contributed by atoms with Crippen molar-refractivity contribution in [3.05, 3.63) is 35.2 Å². The van der Waals surface area contributed by atoms with Crippen molar-refractivity contribution in [1.82, 2.24) is 25.3 Å². The Labute approximate surface area is 159 Å². The lowest BCUT2D eigenvalue weighted by molar-refractivity contribution is 0.0952. The van der Waals surface area contributed by atoms with Crippen molar-refractivity contribution >= 4 is 17.5 Å². The molecule has 2 N–H and O–H groups in total.